The highest BCUT2D eigenvalue weighted by molar-refractivity contribution is 6.28. The van der Waals surface area contributed by atoms with E-state index in [1.165, 1.54) is 60.7 Å². The van der Waals surface area contributed by atoms with E-state index >= 15 is 0 Å². The fourth-order valence-electron chi connectivity index (χ4n) is 3.90. The zero-order valence-electron chi connectivity index (χ0n) is 16.2. The first-order chi connectivity index (χ1) is 15.4. The number of amides is 4. The fraction of sp³-hybridized carbons (Fsp3) is 0. The number of ketones is 2. The Kier molecular flexibility index (Phi) is 4.16. The van der Waals surface area contributed by atoms with Gasteiger partial charge in [0.2, 0.25) is 0 Å². The summed E-state index contributed by atoms with van der Waals surface area (Å²) in [6, 6.07) is 14.6. The Morgan fingerprint density at radius 3 is 1.25 bits per heavy atom. The van der Waals surface area contributed by atoms with Crippen LogP contribution in [0.1, 0.15) is 73.3 Å². The molecule has 32 heavy (non-hydrogen) atoms. The highest BCUT2D eigenvalue weighted by atomic mass is 16.2. The van der Waals surface area contributed by atoms with Crippen LogP contribution in [0.2, 0.25) is 0 Å². The Labute approximate surface area is 180 Å². The molecule has 5 rings (SSSR count). The number of nitrogens with one attached hydrogen (secondary N) is 2. The molecular weight excluding hydrogens is 412 g/mol. The van der Waals surface area contributed by atoms with Crippen LogP contribution in [-0.4, -0.2) is 35.2 Å². The molecule has 2 heterocycles. The summed E-state index contributed by atoms with van der Waals surface area (Å²) in [5.41, 5.74) is 0.928. The van der Waals surface area contributed by atoms with E-state index in [1.807, 2.05) is 0 Å². The SMILES string of the molecule is O=C1NC(=O)c2c1cccc2C(=O)c1ccc(C(=O)c2cccc3c2C(=O)NC3=O)cc1. The second-order valence-corrected chi connectivity index (χ2v) is 7.26. The minimum atomic E-state index is -0.633. The highest BCUT2D eigenvalue weighted by Crippen LogP contribution is 2.25. The van der Waals surface area contributed by atoms with Gasteiger partial charge < -0.3 is 0 Å². The number of rotatable bonds is 4. The van der Waals surface area contributed by atoms with Gasteiger partial charge in [-0.2, -0.15) is 0 Å². The molecule has 3 aromatic rings. The molecule has 0 bridgehead atoms. The third kappa shape index (κ3) is 2.78. The molecule has 0 spiro atoms. The molecule has 8 heteroatoms. The van der Waals surface area contributed by atoms with Gasteiger partial charge in [-0.3, -0.25) is 39.4 Å². The Morgan fingerprint density at radius 2 is 0.875 bits per heavy atom. The van der Waals surface area contributed by atoms with Crippen LogP contribution < -0.4 is 10.6 Å². The van der Waals surface area contributed by atoms with Crippen molar-refractivity contribution in [2.24, 2.45) is 0 Å². The number of fused-ring (bicyclic) bond motifs is 2. The molecule has 2 aliphatic rings. The van der Waals surface area contributed by atoms with E-state index in [4.69, 9.17) is 0 Å². The summed E-state index contributed by atoms with van der Waals surface area (Å²) in [5.74, 6) is -3.33. The first-order valence-corrected chi connectivity index (χ1v) is 9.53. The molecule has 8 nitrogen and oxygen atoms in total. The van der Waals surface area contributed by atoms with Crippen LogP contribution in [0.25, 0.3) is 0 Å². The van der Waals surface area contributed by atoms with Crippen LogP contribution in [0.5, 0.6) is 0 Å². The minimum Gasteiger partial charge on any atom is -0.289 e. The van der Waals surface area contributed by atoms with Crippen molar-refractivity contribution in [3.8, 4) is 0 Å². The lowest BCUT2D eigenvalue weighted by Crippen LogP contribution is -2.21. The first-order valence-electron chi connectivity index (χ1n) is 9.53. The summed E-state index contributed by atoms with van der Waals surface area (Å²) in [6.45, 7) is 0. The van der Waals surface area contributed by atoms with Crippen LogP contribution in [0.4, 0.5) is 0 Å². The van der Waals surface area contributed by atoms with Gasteiger partial charge in [-0.25, -0.2) is 0 Å². The lowest BCUT2D eigenvalue weighted by Gasteiger charge is -2.08. The topological polar surface area (TPSA) is 126 Å². The minimum absolute atomic E-state index is 0.0261. The van der Waals surface area contributed by atoms with Gasteiger partial charge in [0.15, 0.2) is 11.6 Å². The average molecular weight is 424 g/mol. The fourth-order valence-corrected chi connectivity index (χ4v) is 3.90. The molecular formula is C24H12N2O6. The Morgan fingerprint density at radius 1 is 0.500 bits per heavy atom. The molecule has 0 radical (unpaired) electrons. The van der Waals surface area contributed by atoms with Crippen LogP contribution in [0.3, 0.4) is 0 Å². The summed E-state index contributed by atoms with van der Waals surface area (Å²) in [4.78, 5) is 73.8. The van der Waals surface area contributed by atoms with Gasteiger partial charge in [-0.05, 0) is 12.1 Å². The molecule has 3 aromatic carbocycles. The van der Waals surface area contributed by atoms with Crippen LogP contribution in [-0.2, 0) is 0 Å². The van der Waals surface area contributed by atoms with Gasteiger partial charge in [-0.15, -0.1) is 0 Å². The zero-order valence-corrected chi connectivity index (χ0v) is 16.2. The van der Waals surface area contributed by atoms with Crippen LogP contribution in [0.15, 0.2) is 60.7 Å². The molecule has 154 valence electrons. The molecule has 2 aliphatic heterocycles. The van der Waals surface area contributed by atoms with E-state index in [0.29, 0.717) is 0 Å². The van der Waals surface area contributed by atoms with Crippen molar-refractivity contribution in [3.63, 3.8) is 0 Å². The Hall–Kier alpha value is -4.72. The van der Waals surface area contributed by atoms with Crippen LogP contribution >= 0.6 is 0 Å². The predicted octanol–water partition coefficient (Wildman–Crippen LogP) is 1.92. The summed E-state index contributed by atoms with van der Waals surface area (Å²) in [6.07, 6.45) is 0. The van der Waals surface area contributed by atoms with Crippen molar-refractivity contribution in [1.82, 2.24) is 10.6 Å². The molecule has 0 saturated heterocycles. The molecule has 0 fully saturated rings. The largest absolute Gasteiger partial charge is 0.289 e. The van der Waals surface area contributed by atoms with E-state index in [0.717, 1.165) is 0 Å². The standard InChI is InChI=1S/C24H12N2O6/c27-19(13-3-1-5-15-17(13)23(31)25-21(15)29)11-7-9-12(10-8-11)20(28)14-4-2-6-16-18(14)24(32)26-22(16)30/h1-10H,(H,25,29,31)(H,26,30,32). The lowest BCUT2D eigenvalue weighted by molar-refractivity contribution is 0.0862. The number of carbonyl (C=O) groups excluding carboxylic acids is 6. The van der Waals surface area contributed by atoms with E-state index < -0.39 is 35.2 Å². The maximum atomic E-state index is 13.0. The van der Waals surface area contributed by atoms with E-state index in [9.17, 15) is 28.8 Å². The van der Waals surface area contributed by atoms with Gasteiger partial charge in [-0.1, -0.05) is 48.5 Å². The van der Waals surface area contributed by atoms with Gasteiger partial charge in [0.05, 0.1) is 22.3 Å². The second kappa shape index (κ2) is 6.92. The quantitative estimate of drug-likeness (QED) is 0.487. The molecule has 0 aromatic heterocycles. The third-order valence-corrected chi connectivity index (χ3v) is 5.42. The van der Waals surface area contributed by atoms with E-state index in [2.05, 4.69) is 10.6 Å². The monoisotopic (exact) mass is 424 g/mol. The number of benzene rings is 3. The number of carbonyl (C=O) groups is 6. The first kappa shape index (κ1) is 19.3. The summed E-state index contributed by atoms with van der Waals surface area (Å²) >= 11 is 0. The summed E-state index contributed by atoms with van der Waals surface area (Å²) in [7, 11) is 0. The second-order valence-electron chi connectivity index (χ2n) is 7.26. The Bertz CT molecular complexity index is 1310. The normalized spacial score (nSPS) is 14.0. The molecule has 2 N–H and O–H groups in total. The third-order valence-electron chi connectivity index (χ3n) is 5.42. The molecule has 0 saturated carbocycles. The molecule has 4 amide bonds. The number of hydrogen-bond acceptors (Lipinski definition) is 6. The van der Waals surface area contributed by atoms with Gasteiger partial charge in [0.25, 0.3) is 23.6 Å². The summed E-state index contributed by atoms with van der Waals surface area (Å²) < 4.78 is 0. The van der Waals surface area contributed by atoms with Gasteiger partial charge in [0.1, 0.15) is 0 Å². The molecule has 0 atom stereocenters. The van der Waals surface area contributed by atoms with Crippen molar-refractivity contribution in [3.05, 3.63) is 105 Å². The molecule has 0 unspecified atom stereocenters. The maximum absolute atomic E-state index is 13.0. The van der Waals surface area contributed by atoms with Crippen molar-refractivity contribution in [2.75, 3.05) is 0 Å². The van der Waals surface area contributed by atoms with E-state index in [1.54, 1.807) is 0 Å². The van der Waals surface area contributed by atoms with Crippen molar-refractivity contribution < 1.29 is 28.8 Å². The maximum Gasteiger partial charge on any atom is 0.259 e. The highest BCUT2D eigenvalue weighted by Gasteiger charge is 2.33. The summed E-state index contributed by atoms with van der Waals surface area (Å²) in [5, 5.41) is 4.33. The Balaban J connectivity index is 1.48. The number of hydrogen-bond donors (Lipinski definition) is 2. The zero-order chi connectivity index (χ0) is 22.6. The van der Waals surface area contributed by atoms with Gasteiger partial charge in [0, 0.05) is 22.3 Å². The predicted molar refractivity (Wildman–Crippen MR) is 110 cm³/mol. The van der Waals surface area contributed by atoms with E-state index in [-0.39, 0.29) is 44.5 Å². The van der Waals surface area contributed by atoms with Crippen molar-refractivity contribution >= 4 is 35.2 Å². The van der Waals surface area contributed by atoms with Crippen LogP contribution in [0, 0.1) is 0 Å². The number of imide groups is 2. The van der Waals surface area contributed by atoms with Crippen molar-refractivity contribution in [1.29, 1.82) is 0 Å². The lowest BCUT2D eigenvalue weighted by atomic mass is 9.93. The van der Waals surface area contributed by atoms with Gasteiger partial charge >= 0.3 is 0 Å². The smallest absolute Gasteiger partial charge is 0.259 e. The van der Waals surface area contributed by atoms with Crippen molar-refractivity contribution in [2.45, 2.75) is 0 Å². The average Bonchev–Trinajstić information content (AvgIpc) is 3.27. The molecule has 0 aliphatic carbocycles.